The summed E-state index contributed by atoms with van der Waals surface area (Å²) in [5.74, 6) is 0.0452. The summed E-state index contributed by atoms with van der Waals surface area (Å²) in [7, 11) is 1.64. The number of nitrogens with two attached hydrogens (primary N) is 1. The molecule has 106 valence electrons. The van der Waals surface area contributed by atoms with Crippen LogP contribution in [0.25, 0.3) is 0 Å². The second kappa shape index (κ2) is 6.06. The number of hydrogen-bond donors (Lipinski definition) is 2. The topological polar surface area (TPSA) is 72.5 Å². The van der Waals surface area contributed by atoms with Crippen LogP contribution >= 0.6 is 0 Å². The van der Waals surface area contributed by atoms with Gasteiger partial charge in [0.25, 0.3) is 0 Å². The molecule has 0 radical (unpaired) electrons. The average Bonchev–Trinajstić information content (AvgIpc) is 2.26. The van der Waals surface area contributed by atoms with E-state index in [-0.39, 0.29) is 17.9 Å². The molecule has 0 aliphatic rings. The zero-order valence-electron chi connectivity index (χ0n) is 12.1. The Hall–Kier alpha value is -1.55. The van der Waals surface area contributed by atoms with Gasteiger partial charge in [0.15, 0.2) is 0 Å². The van der Waals surface area contributed by atoms with Gasteiger partial charge in [-0.1, -0.05) is 26.0 Å². The molecule has 0 bridgehead atoms. The molecule has 4 nitrogen and oxygen atoms in total. The number of aliphatic carboxylic acids is 1. The van der Waals surface area contributed by atoms with Gasteiger partial charge in [-0.05, 0) is 36.0 Å². The lowest BCUT2D eigenvalue weighted by atomic mass is 9.81. The molecule has 1 aromatic rings. The van der Waals surface area contributed by atoms with Gasteiger partial charge in [-0.25, -0.2) is 0 Å². The van der Waals surface area contributed by atoms with Crippen LogP contribution < -0.4 is 10.5 Å². The molecule has 0 saturated heterocycles. The van der Waals surface area contributed by atoms with Crippen LogP contribution in [0.5, 0.6) is 5.75 Å². The summed E-state index contributed by atoms with van der Waals surface area (Å²) in [6.07, 6.45) is 0.751. The molecule has 1 atom stereocenters. The lowest BCUT2D eigenvalue weighted by molar-refractivity contribution is -0.139. The highest BCUT2D eigenvalue weighted by Crippen LogP contribution is 2.32. The summed E-state index contributed by atoms with van der Waals surface area (Å²) in [4.78, 5) is 10.8. The van der Waals surface area contributed by atoms with Crippen molar-refractivity contribution in [3.63, 3.8) is 0 Å². The van der Waals surface area contributed by atoms with Crippen molar-refractivity contribution in [3.8, 4) is 5.75 Å². The number of ether oxygens (including phenoxy) is 1. The van der Waals surface area contributed by atoms with Crippen molar-refractivity contribution in [3.05, 3.63) is 29.3 Å². The maximum absolute atomic E-state index is 10.8. The molecule has 0 heterocycles. The normalized spacial score (nSPS) is 13.1. The highest BCUT2D eigenvalue weighted by Gasteiger charge is 2.25. The first-order chi connectivity index (χ1) is 8.75. The first kappa shape index (κ1) is 15.5. The number of benzene rings is 1. The lowest BCUT2D eigenvalue weighted by Crippen LogP contribution is -2.24. The molecule has 0 fully saturated rings. The smallest absolute Gasteiger partial charge is 0.303 e. The van der Waals surface area contributed by atoms with E-state index in [1.54, 1.807) is 7.11 Å². The first-order valence-corrected chi connectivity index (χ1v) is 6.37. The van der Waals surface area contributed by atoms with Crippen molar-refractivity contribution in [1.82, 2.24) is 0 Å². The minimum Gasteiger partial charge on any atom is -0.496 e. The number of aryl methyl sites for hydroxylation is 1. The summed E-state index contributed by atoms with van der Waals surface area (Å²) in [5.41, 5.74) is 7.91. The molecule has 0 spiro atoms. The Morgan fingerprint density at radius 3 is 2.58 bits per heavy atom. The molecule has 0 amide bonds. The third-order valence-corrected chi connectivity index (χ3v) is 3.25. The molecular weight excluding hydrogens is 242 g/mol. The average molecular weight is 265 g/mol. The maximum atomic E-state index is 10.8. The van der Waals surface area contributed by atoms with Crippen molar-refractivity contribution in [1.29, 1.82) is 0 Å². The van der Waals surface area contributed by atoms with Crippen LogP contribution in [0.2, 0.25) is 0 Å². The van der Waals surface area contributed by atoms with E-state index in [9.17, 15) is 4.79 Å². The van der Waals surface area contributed by atoms with E-state index >= 15 is 0 Å². The standard InChI is InChI=1S/C15H23NO3/c1-10-7-11(5-6-13(10)19-4)12(16)8-15(2,3)9-14(17)18/h5-7,12H,8-9,16H2,1-4H3,(H,17,18). The third kappa shape index (κ3) is 4.56. The fraction of sp³-hybridized carbons (Fsp3) is 0.533. The molecule has 1 unspecified atom stereocenters. The van der Waals surface area contributed by atoms with Crippen LogP contribution in [0.1, 0.15) is 43.9 Å². The SMILES string of the molecule is COc1ccc(C(N)CC(C)(C)CC(=O)O)cc1C. The molecule has 0 saturated carbocycles. The van der Waals surface area contributed by atoms with Crippen LogP contribution in [0, 0.1) is 12.3 Å². The van der Waals surface area contributed by atoms with E-state index in [1.807, 2.05) is 39.0 Å². The van der Waals surface area contributed by atoms with Gasteiger partial charge in [0.2, 0.25) is 0 Å². The quantitative estimate of drug-likeness (QED) is 0.829. The van der Waals surface area contributed by atoms with E-state index in [0.717, 1.165) is 16.9 Å². The largest absolute Gasteiger partial charge is 0.496 e. The third-order valence-electron chi connectivity index (χ3n) is 3.25. The molecule has 1 aromatic carbocycles. The van der Waals surface area contributed by atoms with E-state index in [4.69, 9.17) is 15.6 Å². The minimum atomic E-state index is -0.789. The fourth-order valence-corrected chi connectivity index (χ4v) is 2.33. The molecule has 4 heteroatoms. The monoisotopic (exact) mass is 265 g/mol. The molecule has 0 aliphatic carbocycles. The lowest BCUT2D eigenvalue weighted by Gasteiger charge is -2.26. The zero-order chi connectivity index (χ0) is 14.6. The Bertz CT molecular complexity index is 455. The second-order valence-electron chi connectivity index (χ2n) is 5.77. The Morgan fingerprint density at radius 1 is 1.47 bits per heavy atom. The molecule has 1 rings (SSSR count). The highest BCUT2D eigenvalue weighted by molar-refractivity contribution is 5.67. The van der Waals surface area contributed by atoms with Gasteiger partial charge in [-0.3, -0.25) is 4.79 Å². The number of methoxy groups -OCH3 is 1. The molecular formula is C15H23NO3. The maximum Gasteiger partial charge on any atom is 0.303 e. The number of rotatable bonds is 6. The van der Waals surface area contributed by atoms with Gasteiger partial charge in [0, 0.05) is 6.04 Å². The van der Waals surface area contributed by atoms with Crippen molar-refractivity contribution in [2.75, 3.05) is 7.11 Å². The van der Waals surface area contributed by atoms with Crippen LogP contribution in [-0.2, 0) is 4.79 Å². The predicted octanol–water partition coefficient (Wildman–Crippen LogP) is 2.89. The van der Waals surface area contributed by atoms with Gasteiger partial charge in [0.1, 0.15) is 5.75 Å². The van der Waals surface area contributed by atoms with Crippen molar-refractivity contribution < 1.29 is 14.6 Å². The van der Waals surface area contributed by atoms with E-state index < -0.39 is 5.97 Å². The molecule has 0 aromatic heterocycles. The van der Waals surface area contributed by atoms with E-state index in [2.05, 4.69) is 0 Å². The number of carboxylic acids is 1. The zero-order valence-corrected chi connectivity index (χ0v) is 12.1. The van der Waals surface area contributed by atoms with Crippen molar-refractivity contribution in [2.45, 2.75) is 39.7 Å². The minimum absolute atomic E-state index is 0.121. The number of carboxylic acid groups (broad SMARTS) is 1. The molecule has 0 aliphatic heterocycles. The molecule has 3 N–H and O–H groups in total. The fourth-order valence-electron chi connectivity index (χ4n) is 2.33. The summed E-state index contributed by atoms with van der Waals surface area (Å²) >= 11 is 0. The Balaban J connectivity index is 2.80. The van der Waals surface area contributed by atoms with Crippen LogP contribution in [-0.4, -0.2) is 18.2 Å². The van der Waals surface area contributed by atoms with Gasteiger partial charge in [0.05, 0.1) is 13.5 Å². The van der Waals surface area contributed by atoms with Gasteiger partial charge >= 0.3 is 5.97 Å². The van der Waals surface area contributed by atoms with Gasteiger partial charge in [-0.15, -0.1) is 0 Å². The first-order valence-electron chi connectivity index (χ1n) is 6.37. The molecule has 19 heavy (non-hydrogen) atoms. The highest BCUT2D eigenvalue weighted by atomic mass is 16.5. The summed E-state index contributed by atoms with van der Waals surface area (Å²) < 4.78 is 5.21. The Kier molecular flexibility index (Phi) is 4.95. The van der Waals surface area contributed by atoms with E-state index in [1.165, 1.54) is 0 Å². The second-order valence-corrected chi connectivity index (χ2v) is 5.77. The van der Waals surface area contributed by atoms with E-state index in [0.29, 0.717) is 6.42 Å². The van der Waals surface area contributed by atoms with Crippen LogP contribution in [0.3, 0.4) is 0 Å². The predicted molar refractivity (Wildman–Crippen MR) is 75.3 cm³/mol. The summed E-state index contributed by atoms with van der Waals surface area (Å²) in [6, 6.07) is 5.67. The van der Waals surface area contributed by atoms with Crippen LogP contribution in [0.4, 0.5) is 0 Å². The van der Waals surface area contributed by atoms with Gasteiger partial charge in [-0.2, -0.15) is 0 Å². The van der Waals surface area contributed by atoms with Gasteiger partial charge < -0.3 is 15.6 Å². The summed E-state index contributed by atoms with van der Waals surface area (Å²) in [6.45, 7) is 5.83. The number of hydrogen-bond acceptors (Lipinski definition) is 3. The number of carbonyl (C=O) groups is 1. The van der Waals surface area contributed by atoms with Crippen molar-refractivity contribution in [2.24, 2.45) is 11.1 Å². The van der Waals surface area contributed by atoms with Crippen LogP contribution in [0.15, 0.2) is 18.2 Å². The van der Waals surface area contributed by atoms with Crippen molar-refractivity contribution >= 4 is 5.97 Å². The Labute approximate surface area is 114 Å². The Morgan fingerprint density at radius 2 is 2.11 bits per heavy atom. The summed E-state index contributed by atoms with van der Waals surface area (Å²) in [5, 5.41) is 8.89.